The first-order chi connectivity index (χ1) is 16.0. The lowest BCUT2D eigenvalue weighted by molar-refractivity contribution is -0.0886. The summed E-state index contributed by atoms with van der Waals surface area (Å²) in [6.07, 6.45) is 3.93. The number of hydrogen-bond donors (Lipinski definition) is 1. The fraction of sp³-hybridized carbons (Fsp3) is 0.696. The van der Waals surface area contributed by atoms with Crippen molar-refractivity contribution in [1.29, 1.82) is 0 Å². The van der Waals surface area contributed by atoms with E-state index in [0.29, 0.717) is 6.54 Å². The van der Waals surface area contributed by atoms with Crippen molar-refractivity contribution >= 4 is 23.4 Å². The number of nitrogens with zero attached hydrogens (tertiary/aromatic N) is 4. The molecule has 3 atom stereocenters. The van der Waals surface area contributed by atoms with Gasteiger partial charge in [0, 0.05) is 38.5 Å². The minimum atomic E-state index is -2.74. The van der Waals surface area contributed by atoms with E-state index in [1.54, 1.807) is 38.9 Å². The van der Waals surface area contributed by atoms with Gasteiger partial charge in [0.25, 0.3) is 5.92 Å². The number of halogens is 2. The second-order valence-electron chi connectivity index (χ2n) is 9.99. The summed E-state index contributed by atoms with van der Waals surface area (Å²) in [5.41, 5.74) is 1.28. The summed E-state index contributed by atoms with van der Waals surface area (Å²) in [5, 5.41) is 7.97. The lowest BCUT2D eigenvalue weighted by Gasteiger charge is -2.40. The van der Waals surface area contributed by atoms with Gasteiger partial charge in [0.15, 0.2) is 0 Å². The zero-order valence-electron chi connectivity index (χ0n) is 20.1. The number of ether oxygens (including phenoxy) is 2. The van der Waals surface area contributed by atoms with Gasteiger partial charge in [0.1, 0.15) is 23.1 Å². The minimum Gasteiger partial charge on any atom is -0.444 e. The smallest absolute Gasteiger partial charge is 0.407 e. The van der Waals surface area contributed by atoms with Gasteiger partial charge < -0.3 is 14.8 Å². The molecule has 2 aliphatic heterocycles. The summed E-state index contributed by atoms with van der Waals surface area (Å²) in [7, 11) is 0. The fourth-order valence-corrected chi connectivity index (χ4v) is 5.19. The molecule has 0 aromatic carbocycles. The van der Waals surface area contributed by atoms with Crippen molar-refractivity contribution in [2.45, 2.75) is 81.3 Å². The first kappa shape index (κ1) is 25.1. The number of aromatic nitrogens is 3. The highest BCUT2D eigenvalue weighted by Gasteiger charge is 2.42. The largest absolute Gasteiger partial charge is 0.444 e. The maximum absolute atomic E-state index is 14.2. The summed E-state index contributed by atoms with van der Waals surface area (Å²) in [6.45, 7) is 6.22. The van der Waals surface area contributed by atoms with Gasteiger partial charge in [-0.2, -0.15) is 5.10 Å². The molecule has 0 unspecified atom stereocenters. The fourth-order valence-electron chi connectivity index (χ4n) is 4.67. The van der Waals surface area contributed by atoms with Crippen LogP contribution in [0, 0.1) is 0 Å². The molecule has 4 rings (SSSR count). The average Bonchev–Trinajstić information content (AvgIpc) is 3.39. The van der Waals surface area contributed by atoms with Crippen LogP contribution in [0.4, 0.5) is 13.6 Å². The minimum absolute atomic E-state index is 0.0758. The maximum atomic E-state index is 14.2. The lowest BCUT2D eigenvalue weighted by Crippen LogP contribution is -2.54. The SMILES string of the molecule is CSc1ncnn2c([C@H]3CC[C@@H](CN4CCC(F)(F)C[C@H]4CNC(=O)OC(C)(C)C)O3)ccc12. The highest BCUT2D eigenvalue weighted by atomic mass is 32.2. The summed E-state index contributed by atoms with van der Waals surface area (Å²) in [4.78, 5) is 18.4. The third-order valence-electron chi connectivity index (χ3n) is 6.21. The molecule has 2 aromatic heterocycles. The van der Waals surface area contributed by atoms with Crippen LogP contribution in [-0.2, 0) is 9.47 Å². The average molecular weight is 498 g/mol. The summed E-state index contributed by atoms with van der Waals surface area (Å²) < 4.78 is 41.8. The Kier molecular flexibility index (Phi) is 7.35. The van der Waals surface area contributed by atoms with E-state index in [0.717, 1.165) is 29.1 Å². The number of rotatable bonds is 6. The molecule has 2 saturated heterocycles. The van der Waals surface area contributed by atoms with Gasteiger partial charge in [0.05, 0.1) is 17.3 Å². The van der Waals surface area contributed by atoms with Crippen LogP contribution in [0.3, 0.4) is 0 Å². The Morgan fingerprint density at radius 2 is 2.15 bits per heavy atom. The van der Waals surface area contributed by atoms with Gasteiger partial charge in [-0.3, -0.25) is 4.90 Å². The molecule has 1 N–H and O–H groups in total. The van der Waals surface area contributed by atoms with Crippen LogP contribution in [0.5, 0.6) is 0 Å². The number of carbonyl (C=O) groups excluding carboxylic acids is 1. The van der Waals surface area contributed by atoms with Crippen LogP contribution in [0.2, 0.25) is 0 Å². The first-order valence-corrected chi connectivity index (χ1v) is 12.9. The van der Waals surface area contributed by atoms with Crippen LogP contribution >= 0.6 is 11.8 Å². The van der Waals surface area contributed by atoms with Crippen molar-refractivity contribution in [3.63, 3.8) is 0 Å². The van der Waals surface area contributed by atoms with E-state index in [9.17, 15) is 13.6 Å². The number of carbonyl (C=O) groups is 1. The van der Waals surface area contributed by atoms with Crippen LogP contribution < -0.4 is 5.32 Å². The van der Waals surface area contributed by atoms with Crippen molar-refractivity contribution in [3.8, 4) is 0 Å². The summed E-state index contributed by atoms with van der Waals surface area (Å²) >= 11 is 1.57. The van der Waals surface area contributed by atoms with Gasteiger partial charge >= 0.3 is 6.09 Å². The van der Waals surface area contributed by atoms with Crippen LogP contribution in [0.15, 0.2) is 23.5 Å². The quantitative estimate of drug-likeness (QED) is 0.596. The molecule has 4 heterocycles. The van der Waals surface area contributed by atoms with Gasteiger partial charge in [0.2, 0.25) is 0 Å². The van der Waals surface area contributed by atoms with Crippen LogP contribution in [-0.4, -0.2) is 75.2 Å². The Bertz CT molecular complexity index is 1010. The third kappa shape index (κ3) is 5.98. The van der Waals surface area contributed by atoms with Gasteiger partial charge in [-0.15, -0.1) is 11.8 Å². The van der Waals surface area contributed by atoms with E-state index < -0.39 is 23.7 Å². The van der Waals surface area contributed by atoms with E-state index >= 15 is 0 Å². The van der Waals surface area contributed by atoms with E-state index in [-0.39, 0.29) is 38.1 Å². The van der Waals surface area contributed by atoms with E-state index in [2.05, 4.69) is 15.4 Å². The molecule has 0 saturated carbocycles. The second kappa shape index (κ2) is 9.94. The third-order valence-corrected chi connectivity index (χ3v) is 6.91. The first-order valence-electron chi connectivity index (χ1n) is 11.7. The predicted octanol–water partition coefficient (Wildman–Crippen LogP) is 4.30. The molecule has 188 valence electrons. The monoisotopic (exact) mass is 497 g/mol. The number of alkyl carbamates (subject to hydrolysis) is 1. The molecule has 2 aliphatic rings. The molecule has 8 nitrogen and oxygen atoms in total. The molecule has 0 spiro atoms. The number of thioether (sulfide) groups is 1. The Hall–Kier alpha value is -1.98. The van der Waals surface area contributed by atoms with Crippen LogP contribution in [0.25, 0.3) is 5.52 Å². The predicted molar refractivity (Wildman–Crippen MR) is 125 cm³/mol. The second-order valence-corrected chi connectivity index (χ2v) is 10.8. The number of alkyl halides is 2. The van der Waals surface area contributed by atoms with Crippen molar-refractivity contribution in [3.05, 3.63) is 24.2 Å². The number of amides is 1. The Morgan fingerprint density at radius 3 is 2.88 bits per heavy atom. The molecule has 11 heteroatoms. The van der Waals surface area contributed by atoms with E-state index in [4.69, 9.17) is 9.47 Å². The van der Waals surface area contributed by atoms with Crippen molar-refractivity contribution < 1.29 is 23.0 Å². The van der Waals surface area contributed by atoms with Gasteiger partial charge in [-0.05, 0) is 52.0 Å². The van der Waals surface area contributed by atoms with Crippen LogP contribution in [0.1, 0.15) is 58.3 Å². The molecule has 0 bridgehead atoms. The van der Waals surface area contributed by atoms with Crippen molar-refractivity contribution in [1.82, 2.24) is 24.8 Å². The van der Waals surface area contributed by atoms with E-state index in [1.807, 2.05) is 27.8 Å². The van der Waals surface area contributed by atoms with Crippen molar-refractivity contribution in [2.75, 3.05) is 25.9 Å². The standard InChI is InChI=1S/C23H33F2N5O3S/c1-22(2,3)33-21(31)26-12-15-11-23(24,25)9-10-29(15)13-16-5-8-19(32-16)17-6-7-18-20(34-4)27-14-28-30(17)18/h6-7,14-16,19H,5,8-13H2,1-4H3,(H,26,31)/t15-,16-,19+/m0/s1. The van der Waals surface area contributed by atoms with E-state index in [1.165, 1.54) is 0 Å². The zero-order valence-corrected chi connectivity index (χ0v) is 20.9. The maximum Gasteiger partial charge on any atom is 0.407 e. The zero-order chi connectivity index (χ0) is 24.5. The number of piperidine rings is 1. The van der Waals surface area contributed by atoms with Gasteiger partial charge in [-0.25, -0.2) is 23.1 Å². The Labute approximate surface area is 202 Å². The number of fused-ring (bicyclic) bond motifs is 1. The highest BCUT2D eigenvalue weighted by molar-refractivity contribution is 7.98. The summed E-state index contributed by atoms with van der Waals surface area (Å²) in [5.74, 6) is -2.74. The molecule has 2 aromatic rings. The van der Waals surface area contributed by atoms with Gasteiger partial charge in [-0.1, -0.05) is 0 Å². The number of hydrogen-bond acceptors (Lipinski definition) is 7. The molecule has 0 radical (unpaired) electrons. The molecular formula is C23H33F2N5O3S. The molecule has 2 fully saturated rings. The highest BCUT2D eigenvalue weighted by Crippen LogP contribution is 2.37. The Morgan fingerprint density at radius 1 is 1.35 bits per heavy atom. The molecule has 34 heavy (non-hydrogen) atoms. The topological polar surface area (TPSA) is 81.0 Å². The summed E-state index contributed by atoms with van der Waals surface area (Å²) in [6, 6.07) is 3.54. The Balaban J connectivity index is 1.38. The van der Waals surface area contributed by atoms with Crippen molar-refractivity contribution in [2.24, 2.45) is 0 Å². The molecule has 1 amide bonds. The molecular weight excluding hydrogens is 464 g/mol. The molecule has 0 aliphatic carbocycles. The number of likely N-dealkylation sites (tertiary alicyclic amines) is 1. The normalized spacial score (nSPS) is 25.5. The lowest BCUT2D eigenvalue weighted by atomic mass is 9.97. The number of nitrogens with one attached hydrogen (secondary N) is 1.